The monoisotopic (exact) mass is 202 g/mol. The molecule has 0 N–H and O–H groups in total. The Kier molecular flexibility index (Phi) is 7.07. The van der Waals surface area contributed by atoms with Gasteiger partial charge in [0.1, 0.15) is 5.78 Å². The third kappa shape index (κ3) is 7.37. The van der Waals surface area contributed by atoms with Crippen LogP contribution in [0.1, 0.15) is 25.7 Å². The molecule has 13 heavy (non-hydrogen) atoms. The van der Waals surface area contributed by atoms with Crippen LogP contribution in [0, 0.1) is 0 Å². The van der Waals surface area contributed by atoms with Crippen LogP contribution in [0.4, 0.5) is 0 Å². The molecular weight excluding hydrogens is 192 g/mol. The Morgan fingerprint density at radius 1 is 1.31 bits per heavy atom. The third-order valence-corrected chi connectivity index (χ3v) is 1.78. The molecule has 0 bridgehead atoms. The first-order valence-corrected chi connectivity index (χ1v) is 4.52. The van der Waals surface area contributed by atoms with Crippen molar-refractivity contribution in [1.29, 1.82) is 0 Å². The zero-order valence-electron chi connectivity index (χ0n) is 7.20. The van der Waals surface area contributed by atoms with Gasteiger partial charge in [0.15, 0.2) is 0 Å². The minimum absolute atomic E-state index is 0.00931. The summed E-state index contributed by atoms with van der Waals surface area (Å²) in [7, 11) is 0. The highest BCUT2D eigenvalue weighted by Gasteiger charge is 2.03. The molecule has 0 aromatic carbocycles. The number of hydrogen-bond donors (Lipinski definition) is 0. The number of ketones is 2. The molecule has 0 aromatic rings. The molecule has 0 amide bonds. The first kappa shape index (κ1) is 12.0. The van der Waals surface area contributed by atoms with Crippen LogP contribution < -0.4 is 0 Å². The van der Waals surface area contributed by atoms with E-state index in [4.69, 9.17) is 17.1 Å². The lowest BCUT2D eigenvalue weighted by molar-refractivity contribution is -0.118. The highest BCUT2D eigenvalue weighted by Crippen LogP contribution is 2.01. The van der Waals surface area contributed by atoms with Crippen molar-refractivity contribution < 1.29 is 14.4 Å². The summed E-state index contributed by atoms with van der Waals surface area (Å²) in [5.41, 5.74) is 8.00. The predicted molar refractivity (Wildman–Crippen MR) is 48.9 cm³/mol. The predicted octanol–water partition coefficient (Wildman–Crippen LogP) is 1.22. The molecule has 0 saturated heterocycles. The number of halogens is 1. The normalized spacial score (nSPS) is 9.00. The van der Waals surface area contributed by atoms with Gasteiger partial charge in [0.25, 0.3) is 0 Å². The summed E-state index contributed by atoms with van der Waals surface area (Å²) in [5, 5.41) is 0. The van der Waals surface area contributed by atoms with E-state index in [-0.39, 0.29) is 17.4 Å². The minimum Gasteiger partial charge on any atom is -0.361 e. The van der Waals surface area contributed by atoms with Crippen LogP contribution in [0.15, 0.2) is 0 Å². The van der Waals surface area contributed by atoms with Crippen molar-refractivity contribution >= 4 is 29.4 Å². The van der Waals surface area contributed by atoms with Crippen LogP contribution in [0.3, 0.4) is 0 Å². The molecule has 0 aliphatic rings. The van der Waals surface area contributed by atoms with Crippen molar-refractivity contribution in [2.75, 3.05) is 5.88 Å². The molecule has 72 valence electrons. The fraction of sp³-hybridized carbons (Fsp3) is 0.625. The molecule has 0 aliphatic carbocycles. The van der Waals surface area contributed by atoms with Gasteiger partial charge in [-0.3, -0.25) is 9.59 Å². The maximum atomic E-state index is 10.7. The van der Waals surface area contributed by atoms with Crippen molar-refractivity contribution in [3.63, 3.8) is 0 Å². The molecular formula is C8H11ClN2O2. The van der Waals surface area contributed by atoms with Crippen LogP contribution in [-0.2, 0) is 9.59 Å². The van der Waals surface area contributed by atoms with Crippen LogP contribution in [0.2, 0.25) is 0 Å². The van der Waals surface area contributed by atoms with Crippen molar-refractivity contribution in [3.05, 3.63) is 5.53 Å². The smallest absolute Gasteiger partial charge is 0.323 e. The maximum absolute atomic E-state index is 10.7. The zero-order valence-corrected chi connectivity index (χ0v) is 7.96. The van der Waals surface area contributed by atoms with E-state index in [1.165, 1.54) is 0 Å². The fourth-order valence-corrected chi connectivity index (χ4v) is 0.951. The van der Waals surface area contributed by atoms with Gasteiger partial charge in [-0.2, -0.15) is 4.79 Å². The second-order valence-electron chi connectivity index (χ2n) is 2.59. The lowest BCUT2D eigenvalue weighted by atomic mass is 10.1. The second-order valence-corrected chi connectivity index (χ2v) is 2.86. The highest BCUT2D eigenvalue weighted by atomic mass is 35.5. The first-order valence-electron chi connectivity index (χ1n) is 3.98. The van der Waals surface area contributed by atoms with E-state index in [0.717, 1.165) is 6.21 Å². The van der Waals surface area contributed by atoms with Gasteiger partial charge in [-0.15, -0.1) is 11.6 Å². The third-order valence-electron chi connectivity index (χ3n) is 1.48. The molecule has 5 heteroatoms. The second kappa shape index (κ2) is 7.65. The molecule has 0 saturated carbocycles. The van der Waals surface area contributed by atoms with Crippen LogP contribution in [0.5, 0.6) is 0 Å². The molecule has 0 rings (SSSR count). The zero-order chi connectivity index (χ0) is 10.1. The Balaban J connectivity index is 3.40. The number of rotatable bonds is 7. The fourth-order valence-electron chi connectivity index (χ4n) is 0.817. The molecule has 0 unspecified atom stereocenters. The molecule has 0 atom stereocenters. The largest absolute Gasteiger partial charge is 0.361 e. The summed E-state index contributed by atoms with van der Waals surface area (Å²) < 4.78 is 0. The number of carbonyl (C=O) groups excluding carboxylic acids is 2. The lowest BCUT2D eigenvalue weighted by Gasteiger charge is -1.94. The van der Waals surface area contributed by atoms with Crippen LogP contribution in [0.25, 0.3) is 5.53 Å². The molecule has 4 nitrogen and oxygen atoms in total. The number of alkyl halides is 1. The van der Waals surface area contributed by atoms with E-state index in [1.807, 2.05) is 0 Å². The van der Waals surface area contributed by atoms with E-state index in [1.54, 1.807) is 0 Å². The van der Waals surface area contributed by atoms with E-state index >= 15 is 0 Å². The Morgan fingerprint density at radius 3 is 2.46 bits per heavy atom. The van der Waals surface area contributed by atoms with Crippen molar-refractivity contribution in [1.82, 2.24) is 0 Å². The first-order chi connectivity index (χ1) is 6.20. The summed E-state index contributed by atoms with van der Waals surface area (Å²) in [6.07, 6.45) is 2.85. The maximum Gasteiger partial charge on any atom is 0.323 e. The SMILES string of the molecule is [N-]=[N+]=CC(=O)CCCCC(=O)CCl. The topological polar surface area (TPSA) is 70.5 Å². The van der Waals surface area contributed by atoms with Gasteiger partial charge in [0.05, 0.1) is 5.88 Å². The molecule has 0 radical (unpaired) electrons. The number of Topliss-reactive ketones (excluding diaryl/α,β-unsaturated/α-hetero) is 2. The summed E-state index contributed by atoms with van der Waals surface area (Å²) in [6, 6.07) is 0. The number of carbonyl (C=O) groups is 2. The summed E-state index contributed by atoms with van der Waals surface area (Å²) in [5.74, 6) is -0.211. The van der Waals surface area contributed by atoms with Gasteiger partial charge in [0.2, 0.25) is 5.78 Å². The summed E-state index contributed by atoms with van der Waals surface area (Å²) >= 11 is 5.27. The molecule has 0 heterocycles. The average molecular weight is 203 g/mol. The van der Waals surface area contributed by atoms with Gasteiger partial charge in [-0.1, -0.05) is 0 Å². The van der Waals surface area contributed by atoms with Crippen LogP contribution >= 0.6 is 11.6 Å². The molecule has 0 spiro atoms. The Hall–Kier alpha value is -0.990. The van der Waals surface area contributed by atoms with Crippen molar-refractivity contribution in [3.8, 4) is 0 Å². The van der Waals surface area contributed by atoms with Gasteiger partial charge < -0.3 is 5.53 Å². The number of nitrogens with zero attached hydrogens (tertiary/aromatic N) is 2. The Labute approximate surface area is 81.5 Å². The molecule has 0 aromatic heterocycles. The summed E-state index contributed by atoms with van der Waals surface area (Å²) in [6.45, 7) is 0. The lowest BCUT2D eigenvalue weighted by Crippen LogP contribution is -2.02. The van der Waals surface area contributed by atoms with Gasteiger partial charge in [-0.05, 0) is 12.8 Å². The van der Waals surface area contributed by atoms with E-state index in [9.17, 15) is 9.59 Å². The minimum atomic E-state index is -0.235. The number of hydrogen-bond acceptors (Lipinski definition) is 2. The number of unbranched alkanes of at least 4 members (excludes halogenated alkanes) is 1. The Bertz CT molecular complexity index is 234. The van der Waals surface area contributed by atoms with Crippen molar-refractivity contribution in [2.45, 2.75) is 25.7 Å². The van der Waals surface area contributed by atoms with E-state index in [2.05, 4.69) is 4.79 Å². The Morgan fingerprint density at radius 2 is 1.92 bits per heavy atom. The van der Waals surface area contributed by atoms with Gasteiger partial charge in [0, 0.05) is 12.8 Å². The standard InChI is InChI=1S/C8H11ClN2O2/c9-5-7(12)3-1-2-4-8(13)6-11-10/h6H,1-5H2. The molecule has 0 fully saturated rings. The van der Waals surface area contributed by atoms with Gasteiger partial charge in [-0.25, -0.2) is 0 Å². The van der Waals surface area contributed by atoms with E-state index < -0.39 is 0 Å². The van der Waals surface area contributed by atoms with E-state index in [0.29, 0.717) is 25.7 Å². The quantitative estimate of drug-likeness (QED) is 0.205. The van der Waals surface area contributed by atoms with Gasteiger partial charge >= 0.3 is 6.21 Å². The molecule has 0 aliphatic heterocycles. The summed E-state index contributed by atoms with van der Waals surface area (Å²) in [4.78, 5) is 24.0. The average Bonchev–Trinajstić information content (AvgIpc) is 2.12. The highest BCUT2D eigenvalue weighted by molar-refractivity contribution is 6.27. The van der Waals surface area contributed by atoms with Crippen molar-refractivity contribution in [2.24, 2.45) is 0 Å². The van der Waals surface area contributed by atoms with Crippen LogP contribution in [-0.4, -0.2) is 28.5 Å².